The van der Waals surface area contributed by atoms with Crippen LogP contribution in [0.2, 0.25) is 0 Å². The average molecular weight is 268 g/mol. The van der Waals surface area contributed by atoms with Crippen LogP contribution in [-0.4, -0.2) is 17.2 Å². The van der Waals surface area contributed by atoms with Crippen LogP contribution in [0.4, 0.5) is 0 Å². The van der Waals surface area contributed by atoms with E-state index in [1.54, 1.807) is 30.5 Å². The first kappa shape index (κ1) is 13.8. The molecule has 0 heterocycles. The zero-order valence-electron chi connectivity index (χ0n) is 11.2. The Morgan fingerprint density at radius 1 is 1.15 bits per heavy atom. The minimum atomic E-state index is -0.195. The van der Waals surface area contributed by atoms with Gasteiger partial charge in [-0.3, -0.25) is 4.79 Å². The lowest BCUT2D eigenvalue weighted by atomic mass is 10.1. The Balaban J connectivity index is 1.85. The molecule has 0 unspecified atom stereocenters. The van der Waals surface area contributed by atoms with Crippen molar-refractivity contribution in [2.24, 2.45) is 5.10 Å². The fraction of sp³-hybridized carbons (Fsp3) is 0.125. The number of hydrogen-bond donors (Lipinski definition) is 2. The van der Waals surface area contributed by atoms with Crippen molar-refractivity contribution < 1.29 is 9.90 Å². The van der Waals surface area contributed by atoms with Crippen molar-refractivity contribution >= 4 is 12.1 Å². The van der Waals surface area contributed by atoms with Gasteiger partial charge < -0.3 is 5.11 Å². The predicted octanol–water partition coefficient (Wildman–Crippen LogP) is 2.39. The van der Waals surface area contributed by atoms with Gasteiger partial charge in [0.1, 0.15) is 5.75 Å². The van der Waals surface area contributed by atoms with E-state index in [-0.39, 0.29) is 18.1 Å². The highest BCUT2D eigenvalue weighted by molar-refractivity contribution is 5.83. The largest absolute Gasteiger partial charge is 0.508 e. The van der Waals surface area contributed by atoms with Crippen LogP contribution in [0.5, 0.6) is 5.75 Å². The van der Waals surface area contributed by atoms with E-state index >= 15 is 0 Å². The SMILES string of the molecule is Cc1ccc(/C=N\NC(=O)Cc2ccc(O)cc2)cc1. The third-order valence-electron chi connectivity index (χ3n) is 2.78. The molecule has 0 atom stereocenters. The van der Waals surface area contributed by atoms with Gasteiger partial charge in [0.15, 0.2) is 0 Å². The molecule has 0 aliphatic rings. The van der Waals surface area contributed by atoms with Gasteiger partial charge >= 0.3 is 0 Å². The number of aryl methyl sites for hydroxylation is 1. The first-order valence-electron chi connectivity index (χ1n) is 6.30. The fourth-order valence-electron chi connectivity index (χ4n) is 1.67. The molecule has 20 heavy (non-hydrogen) atoms. The van der Waals surface area contributed by atoms with Crippen molar-refractivity contribution in [3.05, 3.63) is 65.2 Å². The fourth-order valence-corrected chi connectivity index (χ4v) is 1.67. The summed E-state index contributed by atoms with van der Waals surface area (Å²) in [4.78, 5) is 11.7. The van der Waals surface area contributed by atoms with E-state index in [9.17, 15) is 4.79 Å². The highest BCUT2D eigenvalue weighted by Crippen LogP contribution is 2.09. The number of nitrogens with one attached hydrogen (secondary N) is 1. The Kier molecular flexibility index (Phi) is 4.50. The molecule has 1 amide bonds. The normalized spacial score (nSPS) is 10.7. The Labute approximate surface area is 117 Å². The van der Waals surface area contributed by atoms with Crippen molar-refractivity contribution in [1.82, 2.24) is 5.43 Å². The van der Waals surface area contributed by atoms with Crippen LogP contribution in [0.25, 0.3) is 0 Å². The Morgan fingerprint density at radius 2 is 1.80 bits per heavy atom. The van der Waals surface area contributed by atoms with Crippen LogP contribution < -0.4 is 5.43 Å². The third kappa shape index (κ3) is 4.24. The van der Waals surface area contributed by atoms with Gasteiger partial charge in [-0.2, -0.15) is 5.10 Å². The first-order chi connectivity index (χ1) is 9.63. The summed E-state index contributed by atoms with van der Waals surface area (Å²) in [5.41, 5.74) is 5.41. The second kappa shape index (κ2) is 6.52. The van der Waals surface area contributed by atoms with E-state index in [1.807, 2.05) is 31.2 Å². The van der Waals surface area contributed by atoms with Crippen LogP contribution in [0.3, 0.4) is 0 Å². The van der Waals surface area contributed by atoms with Crippen LogP contribution >= 0.6 is 0 Å². The lowest BCUT2D eigenvalue weighted by Gasteiger charge is -2.01. The molecule has 0 spiro atoms. The summed E-state index contributed by atoms with van der Waals surface area (Å²) >= 11 is 0. The molecular formula is C16H16N2O2. The molecule has 4 heteroatoms. The second-order valence-electron chi connectivity index (χ2n) is 4.55. The summed E-state index contributed by atoms with van der Waals surface area (Å²) in [7, 11) is 0. The van der Waals surface area contributed by atoms with E-state index in [1.165, 1.54) is 5.56 Å². The van der Waals surface area contributed by atoms with Crippen LogP contribution in [0, 0.1) is 6.92 Å². The monoisotopic (exact) mass is 268 g/mol. The number of carbonyl (C=O) groups is 1. The number of benzene rings is 2. The Morgan fingerprint density at radius 3 is 2.45 bits per heavy atom. The average Bonchev–Trinajstić information content (AvgIpc) is 2.44. The maximum Gasteiger partial charge on any atom is 0.244 e. The number of rotatable bonds is 4. The summed E-state index contributed by atoms with van der Waals surface area (Å²) in [5.74, 6) is -0.00870. The zero-order valence-corrected chi connectivity index (χ0v) is 11.2. The number of aromatic hydroxyl groups is 1. The zero-order chi connectivity index (χ0) is 14.4. The highest BCUT2D eigenvalue weighted by Gasteiger charge is 2.01. The van der Waals surface area contributed by atoms with Gasteiger partial charge in [0.25, 0.3) is 0 Å². The molecular weight excluding hydrogens is 252 g/mol. The summed E-state index contributed by atoms with van der Waals surface area (Å²) in [5, 5.41) is 13.1. The predicted molar refractivity (Wildman–Crippen MR) is 78.7 cm³/mol. The lowest BCUT2D eigenvalue weighted by Crippen LogP contribution is -2.19. The smallest absolute Gasteiger partial charge is 0.244 e. The summed E-state index contributed by atoms with van der Waals surface area (Å²) in [6, 6.07) is 14.4. The van der Waals surface area contributed by atoms with Crippen LogP contribution in [0.15, 0.2) is 53.6 Å². The Hall–Kier alpha value is -2.62. The number of phenolic OH excluding ortho intramolecular Hbond substituents is 1. The standard InChI is InChI=1S/C16H16N2O2/c1-12-2-4-14(5-3-12)11-17-18-16(20)10-13-6-8-15(19)9-7-13/h2-9,11,19H,10H2,1H3,(H,18,20)/b17-11-. The van der Waals surface area contributed by atoms with Gasteiger partial charge in [-0.05, 0) is 30.2 Å². The van der Waals surface area contributed by atoms with Crippen molar-refractivity contribution in [3.63, 3.8) is 0 Å². The number of carbonyl (C=O) groups excluding carboxylic acids is 1. The summed E-state index contributed by atoms with van der Waals surface area (Å²) in [6.45, 7) is 2.01. The molecule has 102 valence electrons. The summed E-state index contributed by atoms with van der Waals surface area (Å²) in [6.07, 6.45) is 1.83. The molecule has 0 aliphatic heterocycles. The second-order valence-corrected chi connectivity index (χ2v) is 4.55. The van der Waals surface area contributed by atoms with Crippen molar-refractivity contribution in [3.8, 4) is 5.75 Å². The quantitative estimate of drug-likeness (QED) is 0.660. The number of hydrogen-bond acceptors (Lipinski definition) is 3. The van der Waals surface area contributed by atoms with Gasteiger partial charge in [-0.25, -0.2) is 5.43 Å². The first-order valence-corrected chi connectivity index (χ1v) is 6.30. The number of nitrogens with zero attached hydrogens (tertiary/aromatic N) is 1. The topological polar surface area (TPSA) is 61.7 Å². The maximum absolute atomic E-state index is 11.7. The molecule has 0 radical (unpaired) electrons. The molecule has 2 aromatic carbocycles. The molecule has 4 nitrogen and oxygen atoms in total. The minimum absolute atomic E-state index is 0.187. The molecule has 0 aliphatic carbocycles. The van der Waals surface area contributed by atoms with E-state index in [2.05, 4.69) is 10.5 Å². The van der Waals surface area contributed by atoms with Gasteiger partial charge in [0.2, 0.25) is 5.91 Å². The Bertz CT molecular complexity index is 601. The van der Waals surface area contributed by atoms with Crippen molar-refractivity contribution in [1.29, 1.82) is 0 Å². The molecule has 0 saturated carbocycles. The maximum atomic E-state index is 11.7. The van der Waals surface area contributed by atoms with E-state index in [4.69, 9.17) is 5.11 Å². The molecule has 0 saturated heterocycles. The van der Waals surface area contributed by atoms with E-state index in [0.717, 1.165) is 11.1 Å². The molecule has 0 fully saturated rings. The molecule has 0 bridgehead atoms. The molecule has 2 rings (SSSR count). The van der Waals surface area contributed by atoms with Crippen LogP contribution in [0.1, 0.15) is 16.7 Å². The number of hydrazone groups is 1. The van der Waals surface area contributed by atoms with Gasteiger partial charge in [-0.1, -0.05) is 42.0 Å². The van der Waals surface area contributed by atoms with E-state index in [0.29, 0.717) is 0 Å². The van der Waals surface area contributed by atoms with Crippen LogP contribution in [-0.2, 0) is 11.2 Å². The van der Waals surface area contributed by atoms with Crippen molar-refractivity contribution in [2.45, 2.75) is 13.3 Å². The molecule has 2 aromatic rings. The molecule has 0 aromatic heterocycles. The summed E-state index contributed by atoms with van der Waals surface area (Å²) < 4.78 is 0. The van der Waals surface area contributed by atoms with Gasteiger partial charge in [0, 0.05) is 0 Å². The third-order valence-corrected chi connectivity index (χ3v) is 2.78. The van der Waals surface area contributed by atoms with Gasteiger partial charge in [-0.15, -0.1) is 0 Å². The lowest BCUT2D eigenvalue weighted by molar-refractivity contribution is -0.120. The minimum Gasteiger partial charge on any atom is -0.508 e. The van der Waals surface area contributed by atoms with E-state index < -0.39 is 0 Å². The number of phenols is 1. The van der Waals surface area contributed by atoms with Crippen molar-refractivity contribution in [2.75, 3.05) is 0 Å². The number of amides is 1. The van der Waals surface area contributed by atoms with Gasteiger partial charge in [0.05, 0.1) is 12.6 Å². The molecule has 2 N–H and O–H groups in total. The highest BCUT2D eigenvalue weighted by atomic mass is 16.3.